The molecule has 0 radical (unpaired) electrons. The van der Waals surface area contributed by atoms with Gasteiger partial charge >= 0.3 is 0 Å². The maximum atomic E-state index is 5.11. The molecule has 0 saturated carbocycles. The molecule has 0 fully saturated rings. The molecule has 3 nitrogen and oxygen atoms in total. The largest absolute Gasteiger partial charge is 0.472 e. The van der Waals surface area contributed by atoms with Gasteiger partial charge in [0, 0.05) is 6.92 Å². The van der Waals surface area contributed by atoms with Gasteiger partial charge in [-0.1, -0.05) is 19.0 Å². The predicted octanol–water partition coefficient (Wildman–Crippen LogP) is 1.78. The van der Waals surface area contributed by atoms with E-state index in [-0.39, 0.29) is 6.10 Å². The smallest absolute Gasteiger partial charge is 0.222 e. The Hall–Kier alpha value is -0.730. The molecule has 0 spiro atoms. The molecule has 0 aromatic rings. The van der Waals surface area contributed by atoms with Crippen LogP contribution in [-0.2, 0) is 9.57 Å². The fourth-order valence-electron chi connectivity index (χ4n) is 0.580. The van der Waals surface area contributed by atoms with Gasteiger partial charge < -0.3 is 9.57 Å². The predicted molar refractivity (Wildman–Crippen MR) is 41.0 cm³/mol. The minimum absolute atomic E-state index is 0.160. The van der Waals surface area contributed by atoms with Crippen LogP contribution >= 0.6 is 0 Å². The molecule has 3 heteroatoms. The van der Waals surface area contributed by atoms with Crippen LogP contribution in [0.4, 0.5) is 0 Å². The van der Waals surface area contributed by atoms with Crippen molar-refractivity contribution in [2.45, 2.75) is 33.8 Å². The van der Waals surface area contributed by atoms with Gasteiger partial charge in [0.25, 0.3) is 0 Å². The molecule has 1 atom stereocenters. The maximum absolute atomic E-state index is 5.11. The zero-order valence-corrected chi connectivity index (χ0v) is 7.05. The normalized spacial score (nSPS) is 22.8. The zero-order valence-electron chi connectivity index (χ0n) is 7.05. The van der Waals surface area contributed by atoms with E-state index in [4.69, 9.17) is 9.57 Å². The van der Waals surface area contributed by atoms with E-state index in [2.05, 4.69) is 5.16 Å². The zero-order chi connectivity index (χ0) is 7.98. The van der Waals surface area contributed by atoms with E-state index in [9.17, 15) is 0 Å². The summed E-state index contributed by atoms with van der Waals surface area (Å²) in [6.07, 6.45) is 0.160. The molecular formula is C7H15NO2. The average Bonchev–Trinajstić information content (AvgIpc) is 1.91. The first-order valence-electron chi connectivity index (χ1n) is 3.62. The van der Waals surface area contributed by atoms with Crippen molar-refractivity contribution in [3.05, 3.63) is 0 Å². The molecule has 0 aliphatic carbocycles. The van der Waals surface area contributed by atoms with Gasteiger partial charge in [-0.25, -0.2) is 0 Å². The highest BCUT2D eigenvalue weighted by Crippen LogP contribution is 2.00. The molecule has 0 aromatic carbocycles. The van der Waals surface area contributed by atoms with E-state index in [0.29, 0.717) is 12.5 Å². The van der Waals surface area contributed by atoms with Gasteiger partial charge in [-0.3, -0.25) is 0 Å². The first kappa shape index (κ1) is 9.27. The Morgan fingerprint density at radius 2 is 2.10 bits per heavy atom. The van der Waals surface area contributed by atoms with Crippen molar-refractivity contribution in [2.24, 2.45) is 5.16 Å². The third-order valence-electron chi connectivity index (χ3n) is 0.874. The van der Waals surface area contributed by atoms with E-state index >= 15 is 0 Å². The average molecular weight is 145 g/mol. The summed E-state index contributed by atoms with van der Waals surface area (Å²) in [5.41, 5.74) is 0. The summed E-state index contributed by atoms with van der Waals surface area (Å²) in [6.45, 7) is 8.28. The summed E-state index contributed by atoms with van der Waals surface area (Å²) in [4.78, 5) is 4.76. The molecule has 0 N–H and O–H groups in total. The lowest BCUT2D eigenvalue weighted by molar-refractivity contribution is 0.0179. The fourth-order valence-corrected chi connectivity index (χ4v) is 0.580. The highest BCUT2D eigenvalue weighted by Gasteiger charge is 2.09. The summed E-state index contributed by atoms with van der Waals surface area (Å²) >= 11 is 0. The quantitative estimate of drug-likeness (QED) is 0.520. The van der Waals surface area contributed by atoms with Gasteiger partial charge in [0.1, 0.15) is 6.10 Å². The molecule has 1 aliphatic heterocycles. The molecule has 0 saturated heterocycles. The van der Waals surface area contributed by atoms with Crippen molar-refractivity contribution in [3.63, 3.8) is 0 Å². The molecular weight excluding hydrogens is 130 g/mol. The Morgan fingerprint density at radius 1 is 1.50 bits per heavy atom. The SMILES string of the molecule is CC.CC1=NOCC(C)O1. The first-order chi connectivity index (χ1) is 4.79. The Balaban J connectivity index is 0.000000371. The molecule has 60 valence electrons. The van der Waals surface area contributed by atoms with Crippen molar-refractivity contribution in [1.82, 2.24) is 0 Å². The van der Waals surface area contributed by atoms with E-state index in [1.807, 2.05) is 20.8 Å². The second-order valence-electron chi connectivity index (χ2n) is 1.83. The summed E-state index contributed by atoms with van der Waals surface area (Å²) in [7, 11) is 0. The first-order valence-corrected chi connectivity index (χ1v) is 3.62. The highest BCUT2D eigenvalue weighted by atomic mass is 16.7. The van der Waals surface area contributed by atoms with Gasteiger partial charge in [0.2, 0.25) is 5.90 Å². The number of oxime groups is 1. The third-order valence-corrected chi connectivity index (χ3v) is 0.874. The van der Waals surface area contributed by atoms with E-state index < -0.39 is 0 Å². The third kappa shape index (κ3) is 3.33. The molecule has 1 rings (SSSR count). The summed E-state index contributed by atoms with van der Waals surface area (Å²) in [5.74, 6) is 0.615. The minimum Gasteiger partial charge on any atom is -0.472 e. The Bertz CT molecular complexity index is 112. The Kier molecular flexibility index (Phi) is 4.72. The lowest BCUT2D eigenvalue weighted by Gasteiger charge is -2.16. The lowest BCUT2D eigenvalue weighted by atomic mass is 10.4. The van der Waals surface area contributed by atoms with E-state index in [1.54, 1.807) is 6.92 Å². The minimum atomic E-state index is 0.160. The summed E-state index contributed by atoms with van der Waals surface area (Å²) in [6, 6.07) is 0. The molecule has 1 unspecified atom stereocenters. The highest BCUT2D eigenvalue weighted by molar-refractivity contribution is 5.72. The monoisotopic (exact) mass is 145 g/mol. The maximum Gasteiger partial charge on any atom is 0.222 e. The molecule has 0 bridgehead atoms. The lowest BCUT2D eigenvalue weighted by Crippen LogP contribution is -2.22. The van der Waals surface area contributed by atoms with Crippen LogP contribution in [-0.4, -0.2) is 18.6 Å². The van der Waals surface area contributed by atoms with Gasteiger partial charge in [0.15, 0.2) is 6.61 Å². The van der Waals surface area contributed by atoms with E-state index in [1.165, 1.54) is 0 Å². The second-order valence-corrected chi connectivity index (χ2v) is 1.83. The molecule has 0 amide bonds. The van der Waals surface area contributed by atoms with Crippen LogP contribution in [0.1, 0.15) is 27.7 Å². The van der Waals surface area contributed by atoms with E-state index in [0.717, 1.165) is 0 Å². The van der Waals surface area contributed by atoms with Crippen LogP contribution in [0.25, 0.3) is 0 Å². The Labute approximate surface area is 62.0 Å². The van der Waals surface area contributed by atoms with Crippen molar-refractivity contribution in [1.29, 1.82) is 0 Å². The fraction of sp³-hybridized carbons (Fsp3) is 0.857. The number of nitrogens with zero attached hydrogens (tertiary/aromatic N) is 1. The summed E-state index contributed by atoms with van der Waals surface area (Å²) in [5, 5.41) is 3.57. The molecule has 1 aliphatic rings. The van der Waals surface area contributed by atoms with Crippen molar-refractivity contribution >= 4 is 5.90 Å². The van der Waals surface area contributed by atoms with Crippen LogP contribution in [0.2, 0.25) is 0 Å². The van der Waals surface area contributed by atoms with Crippen molar-refractivity contribution in [2.75, 3.05) is 6.61 Å². The van der Waals surface area contributed by atoms with Crippen molar-refractivity contribution in [3.8, 4) is 0 Å². The number of ether oxygens (including phenoxy) is 1. The number of rotatable bonds is 0. The topological polar surface area (TPSA) is 30.8 Å². The second kappa shape index (κ2) is 5.09. The number of hydrogen-bond donors (Lipinski definition) is 0. The van der Waals surface area contributed by atoms with Gasteiger partial charge in [-0.2, -0.15) is 0 Å². The molecule has 10 heavy (non-hydrogen) atoms. The van der Waals surface area contributed by atoms with Gasteiger partial charge in [-0.05, 0) is 6.92 Å². The molecule has 0 aromatic heterocycles. The van der Waals surface area contributed by atoms with Crippen LogP contribution in [0.5, 0.6) is 0 Å². The van der Waals surface area contributed by atoms with Crippen molar-refractivity contribution < 1.29 is 9.57 Å². The van der Waals surface area contributed by atoms with Crippen LogP contribution in [0.3, 0.4) is 0 Å². The van der Waals surface area contributed by atoms with Crippen LogP contribution in [0.15, 0.2) is 5.16 Å². The molecule has 1 heterocycles. The summed E-state index contributed by atoms with van der Waals surface area (Å²) < 4.78 is 5.11. The number of hydrogen-bond acceptors (Lipinski definition) is 3. The standard InChI is InChI=1S/C5H9NO2.C2H6/c1-4-3-7-6-5(2)8-4;1-2/h4H,3H2,1-2H3;1-2H3. The van der Waals surface area contributed by atoms with Crippen LogP contribution in [0, 0.1) is 0 Å². The Morgan fingerprint density at radius 3 is 2.40 bits per heavy atom. The van der Waals surface area contributed by atoms with Crippen LogP contribution < -0.4 is 0 Å². The van der Waals surface area contributed by atoms with Gasteiger partial charge in [-0.15, -0.1) is 0 Å². The van der Waals surface area contributed by atoms with Gasteiger partial charge in [0.05, 0.1) is 0 Å².